The second kappa shape index (κ2) is 7.95. The minimum Gasteiger partial charge on any atom is -0.497 e. The number of hydrogen-bond donors (Lipinski definition) is 0. The van der Waals surface area contributed by atoms with Crippen LogP contribution in [0.4, 0.5) is 0 Å². The lowest BCUT2D eigenvalue weighted by molar-refractivity contribution is 0.0722. The van der Waals surface area contributed by atoms with Crippen molar-refractivity contribution in [1.29, 1.82) is 0 Å². The summed E-state index contributed by atoms with van der Waals surface area (Å²) in [6.45, 7) is 3.32. The number of amides is 1. The van der Waals surface area contributed by atoms with E-state index in [-0.39, 0.29) is 17.1 Å². The molecule has 6 heteroatoms. The van der Waals surface area contributed by atoms with E-state index in [9.17, 15) is 9.59 Å². The van der Waals surface area contributed by atoms with Crippen LogP contribution in [0.2, 0.25) is 0 Å². The Hall–Kier alpha value is -3.12. The Morgan fingerprint density at radius 3 is 2.50 bits per heavy atom. The van der Waals surface area contributed by atoms with E-state index in [2.05, 4.69) is 4.90 Å². The monoisotopic (exact) mass is 406 g/mol. The van der Waals surface area contributed by atoms with Gasteiger partial charge in [0.05, 0.1) is 24.1 Å². The van der Waals surface area contributed by atoms with Crippen LogP contribution in [0.5, 0.6) is 5.75 Å². The van der Waals surface area contributed by atoms with Gasteiger partial charge in [-0.1, -0.05) is 23.8 Å². The molecule has 2 aromatic carbocycles. The number of methoxy groups -OCH3 is 1. The van der Waals surface area contributed by atoms with E-state index in [1.165, 1.54) is 0 Å². The summed E-state index contributed by atoms with van der Waals surface area (Å²) >= 11 is 0. The minimum absolute atomic E-state index is 0.140. The lowest BCUT2D eigenvalue weighted by atomic mass is 9.98. The van der Waals surface area contributed by atoms with E-state index in [1.54, 1.807) is 18.1 Å². The molecule has 0 radical (unpaired) electrons. The SMILES string of the molecule is COc1ccc(C2c3c(oc4ccc(C)cc4c3=O)C(=O)N2CCCN(C)C)cc1. The molecule has 0 fully saturated rings. The van der Waals surface area contributed by atoms with Gasteiger partial charge >= 0.3 is 0 Å². The van der Waals surface area contributed by atoms with Crippen LogP contribution in [-0.4, -0.2) is 50.0 Å². The molecule has 156 valence electrons. The van der Waals surface area contributed by atoms with Crippen LogP contribution < -0.4 is 10.2 Å². The maximum atomic E-state index is 13.5. The first-order valence-electron chi connectivity index (χ1n) is 10.1. The fourth-order valence-corrected chi connectivity index (χ4v) is 4.05. The van der Waals surface area contributed by atoms with Crippen molar-refractivity contribution >= 4 is 16.9 Å². The van der Waals surface area contributed by atoms with Gasteiger partial charge in [-0.15, -0.1) is 0 Å². The molecule has 6 nitrogen and oxygen atoms in total. The molecule has 0 saturated carbocycles. The highest BCUT2D eigenvalue weighted by Gasteiger charge is 2.42. The van der Waals surface area contributed by atoms with Crippen molar-refractivity contribution in [1.82, 2.24) is 9.80 Å². The molecule has 1 aromatic heterocycles. The molecule has 1 unspecified atom stereocenters. The Bertz CT molecular complexity index is 1150. The van der Waals surface area contributed by atoms with Gasteiger partial charge in [0, 0.05) is 6.54 Å². The Balaban J connectivity index is 1.86. The third kappa shape index (κ3) is 3.48. The van der Waals surface area contributed by atoms with Gasteiger partial charge in [-0.3, -0.25) is 9.59 Å². The van der Waals surface area contributed by atoms with Crippen molar-refractivity contribution in [2.75, 3.05) is 34.3 Å². The normalized spacial score (nSPS) is 15.8. The molecule has 0 N–H and O–H groups in total. The highest BCUT2D eigenvalue weighted by molar-refractivity contribution is 5.99. The van der Waals surface area contributed by atoms with Crippen LogP contribution >= 0.6 is 0 Å². The molecule has 2 heterocycles. The van der Waals surface area contributed by atoms with Crippen molar-refractivity contribution in [2.24, 2.45) is 0 Å². The van der Waals surface area contributed by atoms with Crippen LogP contribution in [-0.2, 0) is 0 Å². The molecule has 1 aliphatic heterocycles. The van der Waals surface area contributed by atoms with Gasteiger partial charge < -0.3 is 19.0 Å². The first kappa shape index (κ1) is 20.2. The topological polar surface area (TPSA) is 63.0 Å². The van der Waals surface area contributed by atoms with Gasteiger partial charge in [-0.2, -0.15) is 0 Å². The van der Waals surface area contributed by atoms with Gasteiger partial charge in [-0.25, -0.2) is 0 Å². The Morgan fingerprint density at radius 1 is 1.10 bits per heavy atom. The zero-order chi connectivity index (χ0) is 21.4. The summed E-state index contributed by atoms with van der Waals surface area (Å²) in [5, 5.41) is 0.509. The molecule has 0 bridgehead atoms. The Kier molecular flexibility index (Phi) is 5.35. The third-order valence-corrected chi connectivity index (χ3v) is 5.56. The number of ether oxygens (including phenoxy) is 1. The van der Waals surface area contributed by atoms with E-state index in [4.69, 9.17) is 9.15 Å². The van der Waals surface area contributed by atoms with Gasteiger partial charge in [-0.05, 0) is 63.8 Å². The lowest BCUT2D eigenvalue weighted by Crippen LogP contribution is -2.32. The third-order valence-electron chi connectivity index (χ3n) is 5.56. The van der Waals surface area contributed by atoms with Crippen molar-refractivity contribution in [3.63, 3.8) is 0 Å². The van der Waals surface area contributed by atoms with Crippen LogP contribution in [0.25, 0.3) is 11.0 Å². The largest absolute Gasteiger partial charge is 0.497 e. The zero-order valence-electron chi connectivity index (χ0n) is 17.8. The maximum absolute atomic E-state index is 13.5. The van der Waals surface area contributed by atoms with Crippen LogP contribution in [0.1, 0.15) is 39.7 Å². The average molecular weight is 406 g/mol. The van der Waals surface area contributed by atoms with Crippen LogP contribution in [0.3, 0.4) is 0 Å². The van der Waals surface area contributed by atoms with Gasteiger partial charge in [0.15, 0.2) is 5.43 Å². The smallest absolute Gasteiger partial charge is 0.290 e. The van der Waals surface area contributed by atoms with E-state index < -0.39 is 6.04 Å². The predicted molar refractivity (Wildman–Crippen MR) is 116 cm³/mol. The molecule has 0 saturated heterocycles. The standard InChI is InChI=1S/C24H26N2O4/c1-15-6-11-19-18(14-15)22(27)20-21(16-7-9-17(29-4)10-8-16)26(13-5-12-25(2)3)24(28)23(20)30-19/h6-11,14,21H,5,12-13H2,1-4H3. The molecule has 1 amide bonds. The Morgan fingerprint density at radius 2 is 1.83 bits per heavy atom. The number of benzene rings is 2. The zero-order valence-corrected chi connectivity index (χ0v) is 17.8. The molecular weight excluding hydrogens is 380 g/mol. The lowest BCUT2D eigenvalue weighted by Gasteiger charge is -2.25. The molecular formula is C24H26N2O4. The quantitative estimate of drug-likeness (QED) is 0.626. The fourth-order valence-electron chi connectivity index (χ4n) is 4.05. The summed E-state index contributed by atoms with van der Waals surface area (Å²) in [5.74, 6) is 0.648. The van der Waals surface area contributed by atoms with Crippen LogP contribution in [0.15, 0.2) is 51.7 Å². The van der Waals surface area contributed by atoms with Crippen molar-refractivity contribution in [3.05, 3.63) is 75.1 Å². The van der Waals surface area contributed by atoms with E-state index in [0.717, 1.165) is 29.8 Å². The average Bonchev–Trinajstić information content (AvgIpc) is 3.01. The maximum Gasteiger partial charge on any atom is 0.290 e. The summed E-state index contributed by atoms with van der Waals surface area (Å²) in [4.78, 5) is 30.6. The highest BCUT2D eigenvalue weighted by atomic mass is 16.5. The highest BCUT2D eigenvalue weighted by Crippen LogP contribution is 2.38. The number of rotatable bonds is 6. The van der Waals surface area contributed by atoms with Gasteiger partial charge in [0.1, 0.15) is 11.3 Å². The first-order valence-corrected chi connectivity index (χ1v) is 10.1. The second-order valence-electron chi connectivity index (χ2n) is 8.00. The summed E-state index contributed by atoms with van der Waals surface area (Å²) in [7, 11) is 5.61. The van der Waals surface area contributed by atoms with Gasteiger partial charge in [0.25, 0.3) is 5.91 Å². The molecule has 1 atom stereocenters. The predicted octanol–water partition coefficient (Wildman–Crippen LogP) is 3.61. The Labute approximate surface area is 175 Å². The number of nitrogens with zero attached hydrogens (tertiary/aromatic N) is 2. The molecule has 1 aliphatic rings. The summed E-state index contributed by atoms with van der Waals surface area (Å²) in [5.41, 5.74) is 2.57. The number of carbonyl (C=O) groups excluding carboxylic acids is 1. The van der Waals surface area contributed by atoms with Gasteiger partial charge in [0.2, 0.25) is 5.76 Å². The summed E-state index contributed by atoms with van der Waals surface area (Å²) < 4.78 is 11.2. The number of fused-ring (bicyclic) bond motifs is 2. The van der Waals surface area contributed by atoms with E-state index in [0.29, 0.717) is 23.1 Å². The first-order chi connectivity index (χ1) is 14.4. The van der Waals surface area contributed by atoms with E-state index in [1.807, 2.05) is 57.4 Å². The molecule has 0 aliphatic carbocycles. The summed E-state index contributed by atoms with van der Waals surface area (Å²) in [6.07, 6.45) is 0.798. The van der Waals surface area contributed by atoms with Crippen molar-refractivity contribution in [2.45, 2.75) is 19.4 Å². The minimum atomic E-state index is -0.471. The van der Waals surface area contributed by atoms with Crippen molar-refractivity contribution < 1.29 is 13.9 Å². The molecule has 30 heavy (non-hydrogen) atoms. The van der Waals surface area contributed by atoms with Crippen LogP contribution in [0, 0.1) is 6.92 Å². The number of aryl methyl sites for hydroxylation is 1. The van der Waals surface area contributed by atoms with E-state index >= 15 is 0 Å². The number of hydrogen-bond acceptors (Lipinski definition) is 5. The fraction of sp³-hybridized carbons (Fsp3) is 0.333. The molecule has 0 spiro atoms. The second-order valence-corrected chi connectivity index (χ2v) is 8.00. The number of carbonyl (C=O) groups is 1. The summed E-state index contributed by atoms with van der Waals surface area (Å²) in [6, 6.07) is 12.5. The van der Waals surface area contributed by atoms with Crippen molar-refractivity contribution in [3.8, 4) is 5.75 Å². The molecule has 3 aromatic rings. The molecule has 4 rings (SSSR count).